The number of aryl methyl sites for hydroxylation is 1. The van der Waals surface area contributed by atoms with Gasteiger partial charge >= 0.3 is 0 Å². The zero-order valence-electron chi connectivity index (χ0n) is 21.6. The van der Waals surface area contributed by atoms with Crippen molar-refractivity contribution in [3.63, 3.8) is 0 Å². The Balaban J connectivity index is 1.80. The second kappa shape index (κ2) is 9.98. The van der Waals surface area contributed by atoms with Crippen molar-refractivity contribution in [3.8, 4) is 0 Å². The normalized spacial score (nSPS) is 16.6. The molecule has 0 saturated heterocycles. The summed E-state index contributed by atoms with van der Waals surface area (Å²) in [6, 6.07) is 8.68. The van der Waals surface area contributed by atoms with Crippen LogP contribution in [0.2, 0.25) is 0 Å². The highest BCUT2D eigenvalue weighted by atomic mass is 16.1. The Morgan fingerprint density at radius 1 is 1.18 bits per heavy atom. The lowest BCUT2D eigenvalue weighted by Gasteiger charge is -2.42. The number of nitrogens with one attached hydrogen (secondary N) is 1. The quantitative estimate of drug-likeness (QED) is 0.476. The molecule has 0 spiro atoms. The van der Waals surface area contributed by atoms with Gasteiger partial charge in [-0.2, -0.15) is 0 Å². The summed E-state index contributed by atoms with van der Waals surface area (Å²) >= 11 is 0. The molecular formula is C27H40N6O. The number of fused-ring (bicyclic) bond motifs is 1. The van der Waals surface area contributed by atoms with Gasteiger partial charge < -0.3 is 4.98 Å². The fraction of sp³-hybridized carbons (Fsp3) is 0.630. The largest absolute Gasteiger partial charge is 0.322 e. The lowest BCUT2D eigenvalue weighted by molar-refractivity contribution is 0.0572. The zero-order valence-corrected chi connectivity index (χ0v) is 21.6. The molecule has 34 heavy (non-hydrogen) atoms. The second-order valence-electron chi connectivity index (χ2n) is 11.0. The molecule has 4 rings (SSSR count). The van der Waals surface area contributed by atoms with Crippen LogP contribution in [0.25, 0.3) is 10.9 Å². The minimum absolute atomic E-state index is 0.00634. The van der Waals surface area contributed by atoms with Gasteiger partial charge in [0.1, 0.15) is 0 Å². The van der Waals surface area contributed by atoms with Gasteiger partial charge in [0, 0.05) is 23.7 Å². The summed E-state index contributed by atoms with van der Waals surface area (Å²) in [5, 5.41) is 14.2. The van der Waals surface area contributed by atoms with E-state index in [-0.39, 0.29) is 17.1 Å². The van der Waals surface area contributed by atoms with Gasteiger partial charge in [0.05, 0.1) is 11.6 Å². The number of tetrazole rings is 1. The molecule has 1 aromatic carbocycles. The Morgan fingerprint density at radius 3 is 2.59 bits per heavy atom. The fourth-order valence-electron chi connectivity index (χ4n) is 5.34. The van der Waals surface area contributed by atoms with E-state index in [9.17, 15) is 4.79 Å². The van der Waals surface area contributed by atoms with Crippen molar-refractivity contribution in [2.24, 2.45) is 5.92 Å². The SMILES string of the molecule is CCC(C)(C)n1nnnc1[C@@H](C(C)C)N(Cc1cc2cc(C)ccc2[nH]c1=O)C1CCCCC1. The lowest BCUT2D eigenvalue weighted by atomic mass is 9.89. The second-order valence-corrected chi connectivity index (χ2v) is 11.0. The highest BCUT2D eigenvalue weighted by Crippen LogP contribution is 2.36. The van der Waals surface area contributed by atoms with E-state index in [1.807, 2.05) is 16.8 Å². The van der Waals surface area contributed by atoms with Crippen LogP contribution in [-0.4, -0.2) is 36.1 Å². The summed E-state index contributed by atoms with van der Waals surface area (Å²) in [7, 11) is 0. The Labute approximate surface area is 202 Å². The summed E-state index contributed by atoms with van der Waals surface area (Å²) in [6.07, 6.45) is 6.96. The zero-order chi connectivity index (χ0) is 24.5. The summed E-state index contributed by atoms with van der Waals surface area (Å²) in [4.78, 5) is 18.8. The molecule has 1 saturated carbocycles. The van der Waals surface area contributed by atoms with E-state index < -0.39 is 0 Å². The van der Waals surface area contributed by atoms with Gasteiger partial charge in [0.15, 0.2) is 5.82 Å². The minimum atomic E-state index is -0.178. The molecule has 3 aromatic rings. The molecule has 1 N–H and O–H groups in total. The first-order valence-electron chi connectivity index (χ1n) is 12.9. The first-order valence-corrected chi connectivity index (χ1v) is 12.9. The first kappa shape index (κ1) is 24.6. The fourth-order valence-corrected chi connectivity index (χ4v) is 5.34. The molecule has 1 atom stereocenters. The number of rotatable bonds is 8. The predicted molar refractivity (Wildman–Crippen MR) is 137 cm³/mol. The smallest absolute Gasteiger partial charge is 0.252 e. The number of pyridine rings is 1. The van der Waals surface area contributed by atoms with E-state index in [1.54, 1.807) is 0 Å². The minimum Gasteiger partial charge on any atom is -0.322 e. The molecular weight excluding hydrogens is 424 g/mol. The monoisotopic (exact) mass is 464 g/mol. The third-order valence-electron chi connectivity index (χ3n) is 7.66. The number of benzene rings is 1. The van der Waals surface area contributed by atoms with Crippen molar-refractivity contribution in [1.29, 1.82) is 0 Å². The van der Waals surface area contributed by atoms with Crippen LogP contribution < -0.4 is 5.56 Å². The van der Waals surface area contributed by atoms with Crippen LogP contribution >= 0.6 is 0 Å². The van der Waals surface area contributed by atoms with Gasteiger partial charge in [-0.05, 0) is 80.0 Å². The van der Waals surface area contributed by atoms with Crippen LogP contribution in [0.15, 0.2) is 29.1 Å². The van der Waals surface area contributed by atoms with Crippen LogP contribution in [-0.2, 0) is 12.1 Å². The molecule has 0 radical (unpaired) electrons. The molecule has 2 aromatic heterocycles. The maximum absolute atomic E-state index is 13.2. The molecule has 0 amide bonds. The third-order valence-corrected chi connectivity index (χ3v) is 7.66. The summed E-state index contributed by atoms with van der Waals surface area (Å²) in [6.45, 7) is 13.7. The number of aromatic nitrogens is 5. The Morgan fingerprint density at radius 2 is 1.91 bits per heavy atom. The van der Waals surface area contributed by atoms with Crippen molar-refractivity contribution in [2.45, 2.75) is 104 Å². The van der Waals surface area contributed by atoms with Crippen LogP contribution in [0.4, 0.5) is 0 Å². The average Bonchev–Trinajstić information content (AvgIpc) is 3.30. The summed E-state index contributed by atoms with van der Waals surface area (Å²) < 4.78 is 2.02. The van der Waals surface area contributed by atoms with Gasteiger partial charge in [0.2, 0.25) is 0 Å². The van der Waals surface area contributed by atoms with Gasteiger partial charge in [-0.1, -0.05) is 51.7 Å². The van der Waals surface area contributed by atoms with Crippen LogP contribution in [0, 0.1) is 12.8 Å². The molecule has 184 valence electrons. The van der Waals surface area contributed by atoms with Crippen molar-refractivity contribution in [1.82, 2.24) is 30.1 Å². The highest BCUT2D eigenvalue weighted by Gasteiger charge is 2.37. The summed E-state index contributed by atoms with van der Waals surface area (Å²) in [5.74, 6) is 1.20. The third kappa shape index (κ3) is 4.95. The Bertz CT molecular complexity index is 1170. The van der Waals surface area contributed by atoms with Crippen molar-refractivity contribution >= 4 is 10.9 Å². The molecule has 1 fully saturated rings. The van der Waals surface area contributed by atoms with E-state index in [2.05, 4.69) is 79.1 Å². The van der Waals surface area contributed by atoms with E-state index in [4.69, 9.17) is 0 Å². The van der Waals surface area contributed by atoms with E-state index >= 15 is 0 Å². The summed E-state index contributed by atoms with van der Waals surface area (Å²) in [5.41, 5.74) is 2.70. The van der Waals surface area contributed by atoms with Crippen LogP contribution in [0.3, 0.4) is 0 Å². The van der Waals surface area contributed by atoms with Crippen molar-refractivity contribution in [3.05, 3.63) is 51.6 Å². The maximum atomic E-state index is 13.2. The average molecular weight is 465 g/mol. The molecule has 2 heterocycles. The predicted octanol–water partition coefficient (Wildman–Crippen LogP) is 5.50. The van der Waals surface area contributed by atoms with E-state index in [0.717, 1.165) is 41.6 Å². The van der Waals surface area contributed by atoms with Gasteiger partial charge in [-0.3, -0.25) is 9.69 Å². The molecule has 1 aliphatic rings. The molecule has 0 aliphatic heterocycles. The van der Waals surface area contributed by atoms with E-state index in [0.29, 0.717) is 18.5 Å². The highest BCUT2D eigenvalue weighted by molar-refractivity contribution is 5.79. The van der Waals surface area contributed by atoms with Gasteiger partial charge in [-0.25, -0.2) is 4.68 Å². The maximum Gasteiger partial charge on any atom is 0.252 e. The van der Waals surface area contributed by atoms with E-state index in [1.165, 1.54) is 24.8 Å². The van der Waals surface area contributed by atoms with Gasteiger partial charge in [-0.15, -0.1) is 5.10 Å². The number of nitrogens with zero attached hydrogens (tertiary/aromatic N) is 5. The molecule has 7 nitrogen and oxygen atoms in total. The topological polar surface area (TPSA) is 79.7 Å². The number of aromatic amines is 1. The lowest BCUT2D eigenvalue weighted by Crippen LogP contribution is -2.44. The first-order chi connectivity index (χ1) is 16.2. The number of hydrogen-bond donors (Lipinski definition) is 1. The number of hydrogen-bond acceptors (Lipinski definition) is 5. The standard InChI is InChI=1S/C27H40N6O/c1-7-27(5,6)33-25(29-30-31-33)24(18(2)3)32(22-11-9-8-10-12-22)17-21-16-20-15-19(4)13-14-23(20)28-26(21)34/h13-16,18,22,24H,7-12,17H2,1-6H3,(H,28,34)/t24-/m1/s1. The van der Waals surface area contributed by atoms with Crippen LogP contribution in [0.5, 0.6) is 0 Å². The molecule has 7 heteroatoms. The molecule has 1 aliphatic carbocycles. The Kier molecular flexibility index (Phi) is 7.22. The molecule has 0 bridgehead atoms. The van der Waals surface area contributed by atoms with Crippen molar-refractivity contribution < 1.29 is 0 Å². The van der Waals surface area contributed by atoms with Crippen molar-refractivity contribution in [2.75, 3.05) is 0 Å². The Hall–Kier alpha value is -2.54. The van der Waals surface area contributed by atoms with Crippen LogP contribution in [0.1, 0.15) is 96.1 Å². The number of H-pyrrole nitrogens is 1. The van der Waals surface area contributed by atoms with Gasteiger partial charge in [0.25, 0.3) is 5.56 Å². The molecule has 0 unspecified atom stereocenters.